The lowest BCUT2D eigenvalue weighted by Gasteiger charge is -2.33. The largest absolute Gasteiger partial charge is 0.497 e. The topological polar surface area (TPSA) is 58.6 Å². The van der Waals surface area contributed by atoms with Crippen LogP contribution < -0.4 is 10.1 Å². The van der Waals surface area contributed by atoms with Gasteiger partial charge in [-0.2, -0.15) is 0 Å². The number of rotatable bonds is 6. The maximum absolute atomic E-state index is 13.0. The lowest BCUT2D eigenvalue weighted by atomic mass is 9.89. The van der Waals surface area contributed by atoms with Crippen molar-refractivity contribution in [3.05, 3.63) is 101 Å². The van der Waals surface area contributed by atoms with E-state index in [0.29, 0.717) is 24.2 Å². The van der Waals surface area contributed by atoms with Crippen molar-refractivity contribution in [1.82, 2.24) is 10.2 Å². The number of carbonyl (C=O) groups is 2. The van der Waals surface area contributed by atoms with Crippen LogP contribution in [0.15, 0.2) is 72.8 Å². The number of carbonyl (C=O) groups excluding carboxylic acids is 2. The Bertz CT molecular complexity index is 1120. The zero-order valence-corrected chi connectivity index (χ0v) is 19.2. The van der Waals surface area contributed by atoms with Crippen LogP contribution in [0.25, 0.3) is 0 Å². The third kappa shape index (κ3) is 5.61. The predicted octanol–water partition coefficient (Wildman–Crippen LogP) is 4.95. The number of hydrogen-bond acceptors (Lipinski definition) is 3. The second kappa shape index (κ2) is 10.3. The summed E-state index contributed by atoms with van der Waals surface area (Å²) in [5.41, 5.74) is 4.68. The smallest absolute Gasteiger partial charge is 0.253 e. The molecule has 0 aliphatic carbocycles. The summed E-state index contributed by atoms with van der Waals surface area (Å²) in [4.78, 5) is 27.7. The molecule has 5 heteroatoms. The molecule has 1 fully saturated rings. The zero-order chi connectivity index (χ0) is 23.2. The molecular formula is C28H30N2O3. The highest BCUT2D eigenvalue weighted by atomic mass is 16.5. The minimum atomic E-state index is -0.0830. The van der Waals surface area contributed by atoms with E-state index < -0.39 is 0 Å². The highest BCUT2D eigenvalue weighted by molar-refractivity contribution is 5.95. The van der Waals surface area contributed by atoms with Crippen molar-refractivity contribution in [1.29, 1.82) is 0 Å². The molecule has 1 aliphatic rings. The van der Waals surface area contributed by atoms with Crippen LogP contribution in [0.4, 0.5) is 0 Å². The van der Waals surface area contributed by atoms with Gasteiger partial charge < -0.3 is 15.0 Å². The van der Waals surface area contributed by atoms with Crippen LogP contribution in [-0.4, -0.2) is 36.9 Å². The van der Waals surface area contributed by atoms with Gasteiger partial charge in [0, 0.05) is 36.7 Å². The summed E-state index contributed by atoms with van der Waals surface area (Å²) < 4.78 is 5.19. The molecule has 1 saturated heterocycles. The Morgan fingerprint density at radius 2 is 1.79 bits per heavy atom. The molecule has 0 aromatic heterocycles. The summed E-state index contributed by atoms with van der Waals surface area (Å²) in [6.07, 6.45) is 1.94. The van der Waals surface area contributed by atoms with Crippen molar-refractivity contribution < 1.29 is 14.3 Å². The molecule has 0 bridgehead atoms. The van der Waals surface area contributed by atoms with Gasteiger partial charge in [-0.15, -0.1) is 0 Å². The van der Waals surface area contributed by atoms with E-state index >= 15 is 0 Å². The maximum atomic E-state index is 13.0. The second-order valence-corrected chi connectivity index (χ2v) is 8.62. The third-order valence-corrected chi connectivity index (χ3v) is 6.20. The average Bonchev–Trinajstić information content (AvgIpc) is 2.87. The lowest BCUT2D eigenvalue weighted by molar-refractivity contribution is 0.0706. The monoisotopic (exact) mass is 442 g/mol. The highest BCUT2D eigenvalue weighted by Crippen LogP contribution is 2.28. The molecule has 1 unspecified atom stereocenters. The first-order valence-electron chi connectivity index (χ1n) is 11.4. The standard InChI is InChI=1S/C28H30N2O3/c1-20-6-3-7-21(16-20)18-29-27(31)24-9-4-8-23(17-24)25-10-5-15-30(19-25)28(32)22-11-13-26(33-2)14-12-22/h3-4,6-9,11-14,16-17,25H,5,10,15,18-19H2,1-2H3,(H,29,31). The summed E-state index contributed by atoms with van der Waals surface area (Å²) in [5.74, 6) is 0.903. The van der Waals surface area contributed by atoms with Crippen molar-refractivity contribution in [2.45, 2.75) is 32.2 Å². The van der Waals surface area contributed by atoms with Crippen LogP contribution >= 0.6 is 0 Å². The number of likely N-dealkylation sites (tertiary alicyclic amines) is 1. The van der Waals surface area contributed by atoms with Crippen LogP contribution in [0.2, 0.25) is 0 Å². The Labute approximate surface area is 195 Å². The molecule has 170 valence electrons. The number of hydrogen-bond donors (Lipinski definition) is 1. The Morgan fingerprint density at radius 3 is 2.55 bits per heavy atom. The Kier molecular flexibility index (Phi) is 7.08. The molecule has 0 spiro atoms. The van der Waals surface area contributed by atoms with E-state index in [1.807, 2.05) is 72.5 Å². The van der Waals surface area contributed by atoms with Crippen LogP contribution in [0.5, 0.6) is 5.75 Å². The highest BCUT2D eigenvalue weighted by Gasteiger charge is 2.26. The number of amides is 2. The van der Waals surface area contributed by atoms with Gasteiger partial charge in [0.05, 0.1) is 7.11 Å². The molecule has 1 heterocycles. The molecule has 33 heavy (non-hydrogen) atoms. The van der Waals surface area contributed by atoms with E-state index in [2.05, 4.69) is 17.4 Å². The molecule has 0 saturated carbocycles. The first kappa shape index (κ1) is 22.6. The van der Waals surface area contributed by atoms with Gasteiger partial charge in [0.2, 0.25) is 0 Å². The molecule has 3 aromatic rings. The number of piperidine rings is 1. The average molecular weight is 443 g/mol. The van der Waals surface area contributed by atoms with E-state index in [1.54, 1.807) is 7.11 Å². The lowest BCUT2D eigenvalue weighted by Crippen LogP contribution is -2.39. The van der Waals surface area contributed by atoms with E-state index in [9.17, 15) is 9.59 Å². The molecular weight excluding hydrogens is 412 g/mol. The number of nitrogens with one attached hydrogen (secondary N) is 1. The molecule has 1 atom stereocenters. The third-order valence-electron chi connectivity index (χ3n) is 6.20. The van der Waals surface area contributed by atoms with Gasteiger partial charge in [-0.1, -0.05) is 42.0 Å². The van der Waals surface area contributed by atoms with Gasteiger partial charge in [-0.3, -0.25) is 9.59 Å². The summed E-state index contributed by atoms with van der Waals surface area (Å²) in [7, 11) is 1.61. The molecule has 1 N–H and O–H groups in total. The minimum Gasteiger partial charge on any atom is -0.497 e. The summed E-state index contributed by atoms with van der Waals surface area (Å²) in [5, 5.41) is 3.02. The number of ether oxygens (including phenoxy) is 1. The van der Waals surface area contributed by atoms with Crippen molar-refractivity contribution >= 4 is 11.8 Å². The van der Waals surface area contributed by atoms with Gasteiger partial charge >= 0.3 is 0 Å². The number of benzene rings is 3. The van der Waals surface area contributed by atoms with E-state index in [0.717, 1.165) is 36.3 Å². The van der Waals surface area contributed by atoms with Crippen molar-refractivity contribution in [2.75, 3.05) is 20.2 Å². The Balaban J connectivity index is 1.41. The number of nitrogens with zero attached hydrogens (tertiary/aromatic N) is 1. The van der Waals surface area contributed by atoms with Gasteiger partial charge in [0.15, 0.2) is 0 Å². The zero-order valence-electron chi connectivity index (χ0n) is 19.2. The summed E-state index contributed by atoms with van der Waals surface area (Å²) >= 11 is 0. The fourth-order valence-electron chi connectivity index (χ4n) is 4.39. The molecule has 4 rings (SSSR count). The molecule has 1 aliphatic heterocycles. The molecule has 3 aromatic carbocycles. The predicted molar refractivity (Wildman–Crippen MR) is 130 cm³/mol. The minimum absolute atomic E-state index is 0.0365. The van der Waals surface area contributed by atoms with Gasteiger partial charge in [0.25, 0.3) is 11.8 Å². The normalized spacial score (nSPS) is 15.7. The van der Waals surface area contributed by atoms with Crippen molar-refractivity contribution in [3.63, 3.8) is 0 Å². The van der Waals surface area contributed by atoms with E-state index in [-0.39, 0.29) is 17.7 Å². The SMILES string of the molecule is COc1ccc(C(=O)N2CCCC(c3cccc(C(=O)NCc4cccc(C)c4)c3)C2)cc1. The van der Waals surface area contributed by atoms with E-state index in [4.69, 9.17) is 4.74 Å². The quantitative estimate of drug-likeness (QED) is 0.587. The fourth-order valence-corrected chi connectivity index (χ4v) is 4.39. The Hall–Kier alpha value is -3.60. The van der Waals surface area contributed by atoms with Crippen LogP contribution in [0, 0.1) is 6.92 Å². The van der Waals surface area contributed by atoms with Crippen LogP contribution in [0.3, 0.4) is 0 Å². The first-order valence-corrected chi connectivity index (χ1v) is 11.4. The van der Waals surface area contributed by atoms with Crippen LogP contribution in [-0.2, 0) is 6.54 Å². The molecule has 0 radical (unpaired) electrons. The first-order chi connectivity index (χ1) is 16.0. The van der Waals surface area contributed by atoms with Crippen molar-refractivity contribution in [2.24, 2.45) is 0 Å². The maximum Gasteiger partial charge on any atom is 0.253 e. The van der Waals surface area contributed by atoms with Gasteiger partial charge in [0.1, 0.15) is 5.75 Å². The fraction of sp³-hybridized carbons (Fsp3) is 0.286. The Morgan fingerprint density at radius 1 is 1.00 bits per heavy atom. The number of methoxy groups -OCH3 is 1. The van der Waals surface area contributed by atoms with Gasteiger partial charge in [-0.25, -0.2) is 0 Å². The molecule has 2 amide bonds. The van der Waals surface area contributed by atoms with E-state index in [1.165, 1.54) is 5.56 Å². The summed E-state index contributed by atoms with van der Waals surface area (Å²) in [6, 6.07) is 23.2. The summed E-state index contributed by atoms with van der Waals surface area (Å²) in [6.45, 7) is 3.94. The molecule has 5 nitrogen and oxygen atoms in total. The van der Waals surface area contributed by atoms with Crippen LogP contribution in [0.1, 0.15) is 56.2 Å². The number of aryl methyl sites for hydroxylation is 1. The van der Waals surface area contributed by atoms with Crippen molar-refractivity contribution in [3.8, 4) is 5.75 Å². The van der Waals surface area contributed by atoms with Gasteiger partial charge in [-0.05, 0) is 67.3 Å². The second-order valence-electron chi connectivity index (χ2n) is 8.62.